The molecular formula is C22H32O5. The molecule has 5 nitrogen and oxygen atoms in total. The minimum atomic E-state index is 0.122. The zero-order valence-corrected chi connectivity index (χ0v) is 16.1. The quantitative estimate of drug-likeness (QED) is 0.777. The molecule has 0 amide bonds. The van der Waals surface area contributed by atoms with Crippen molar-refractivity contribution < 1.29 is 24.4 Å². The second kappa shape index (κ2) is 16.4. The molecule has 5 heteroatoms. The lowest BCUT2D eigenvalue weighted by Crippen LogP contribution is -2.13. The molecule has 0 aromatic heterocycles. The third kappa shape index (κ3) is 12.3. The summed E-state index contributed by atoms with van der Waals surface area (Å²) in [6, 6.07) is 19.8. The molecule has 0 bridgehead atoms. The number of aliphatic hydroxyl groups is 2. The first-order chi connectivity index (χ1) is 13.3. The second-order valence-electron chi connectivity index (χ2n) is 6.00. The van der Waals surface area contributed by atoms with Crippen molar-refractivity contribution in [3.8, 4) is 0 Å². The van der Waals surface area contributed by atoms with Crippen LogP contribution in [0.15, 0.2) is 60.7 Å². The van der Waals surface area contributed by atoms with E-state index in [9.17, 15) is 0 Å². The summed E-state index contributed by atoms with van der Waals surface area (Å²) >= 11 is 0. The molecule has 2 N–H and O–H groups in total. The maximum Gasteiger partial charge on any atom is 0.0809 e. The van der Waals surface area contributed by atoms with Crippen LogP contribution in [0.5, 0.6) is 0 Å². The Kier molecular flexibility index (Phi) is 14.2. The summed E-state index contributed by atoms with van der Waals surface area (Å²) in [5.74, 6) is 0. The second-order valence-corrected chi connectivity index (χ2v) is 6.00. The molecule has 0 radical (unpaired) electrons. The first-order valence-electron chi connectivity index (χ1n) is 9.28. The normalized spacial score (nSPS) is 15.3. The van der Waals surface area contributed by atoms with Crippen LogP contribution in [0, 0.1) is 0 Å². The van der Waals surface area contributed by atoms with Crippen molar-refractivity contribution in [3.63, 3.8) is 0 Å². The standard InChI is InChI=1S/C12H16O2.C7H8O.C3H8O2/c1-2-5-11(6-3-1)9-13-10-12-7-4-8-14-12;8-6-7-4-2-1-3-5-7;1-5-3-2-4/h1-3,5-6,12H,4,7-10H2;1-5,8H,6H2;4H,2-3H2,1H3. The summed E-state index contributed by atoms with van der Waals surface area (Å²) in [7, 11) is 1.55. The summed E-state index contributed by atoms with van der Waals surface area (Å²) in [5.41, 5.74) is 2.19. The SMILES string of the molecule is COCCO.OCc1ccccc1.c1ccc(COCC2CCCO2)cc1. The maximum atomic E-state index is 8.54. The molecular weight excluding hydrogens is 344 g/mol. The van der Waals surface area contributed by atoms with Gasteiger partial charge in [-0.3, -0.25) is 0 Å². The highest BCUT2D eigenvalue weighted by atomic mass is 16.5. The van der Waals surface area contributed by atoms with Crippen molar-refractivity contribution in [2.24, 2.45) is 0 Å². The van der Waals surface area contributed by atoms with Gasteiger partial charge in [0, 0.05) is 13.7 Å². The van der Waals surface area contributed by atoms with Crippen LogP contribution in [0.3, 0.4) is 0 Å². The smallest absolute Gasteiger partial charge is 0.0809 e. The van der Waals surface area contributed by atoms with Gasteiger partial charge in [-0.1, -0.05) is 60.7 Å². The van der Waals surface area contributed by atoms with Gasteiger partial charge in [0.25, 0.3) is 0 Å². The fraction of sp³-hybridized carbons (Fsp3) is 0.455. The Morgan fingerprint density at radius 1 is 0.963 bits per heavy atom. The molecule has 1 atom stereocenters. The molecule has 1 aliphatic rings. The van der Waals surface area contributed by atoms with E-state index in [0.717, 1.165) is 25.2 Å². The van der Waals surface area contributed by atoms with E-state index < -0.39 is 0 Å². The van der Waals surface area contributed by atoms with Gasteiger partial charge in [0.1, 0.15) is 0 Å². The molecule has 1 heterocycles. The van der Waals surface area contributed by atoms with E-state index in [1.165, 1.54) is 12.0 Å². The summed E-state index contributed by atoms with van der Waals surface area (Å²) in [5, 5.41) is 16.5. The Hall–Kier alpha value is -1.76. The summed E-state index contributed by atoms with van der Waals surface area (Å²) < 4.78 is 15.5. The lowest BCUT2D eigenvalue weighted by atomic mass is 10.2. The van der Waals surface area contributed by atoms with Crippen LogP contribution in [-0.2, 0) is 27.4 Å². The van der Waals surface area contributed by atoms with Crippen molar-refractivity contribution in [1.82, 2.24) is 0 Å². The van der Waals surface area contributed by atoms with Crippen molar-refractivity contribution in [2.45, 2.75) is 32.2 Å². The van der Waals surface area contributed by atoms with Crippen LogP contribution in [0.1, 0.15) is 24.0 Å². The zero-order valence-electron chi connectivity index (χ0n) is 16.1. The van der Waals surface area contributed by atoms with Crippen LogP contribution in [0.25, 0.3) is 0 Å². The van der Waals surface area contributed by atoms with Crippen LogP contribution in [0.2, 0.25) is 0 Å². The van der Waals surface area contributed by atoms with Crippen molar-refractivity contribution in [1.29, 1.82) is 0 Å². The number of hydrogen-bond donors (Lipinski definition) is 2. The third-order valence-electron chi connectivity index (χ3n) is 3.76. The molecule has 2 aromatic carbocycles. The van der Waals surface area contributed by atoms with Crippen molar-refractivity contribution in [2.75, 3.05) is 33.5 Å². The largest absolute Gasteiger partial charge is 0.394 e. The molecule has 1 fully saturated rings. The summed E-state index contributed by atoms with van der Waals surface area (Å²) in [6.07, 6.45) is 2.66. The highest BCUT2D eigenvalue weighted by molar-refractivity contribution is 5.13. The number of rotatable bonds is 7. The number of aliphatic hydroxyl groups excluding tert-OH is 2. The Labute approximate surface area is 162 Å². The van der Waals surface area contributed by atoms with Gasteiger partial charge in [0.15, 0.2) is 0 Å². The van der Waals surface area contributed by atoms with Crippen molar-refractivity contribution in [3.05, 3.63) is 71.8 Å². The van der Waals surface area contributed by atoms with Crippen LogP contribution in [0.4, 0.5) is 0 Å². The minimum absolute atomic E-state index is 0.122. The van der Waals surface area contributed by atoms with E-state index in [-0.39, 0.29) is 13.2 Å². The highest BCUT2D eigenvalue weighted by Crippen LogP contribution is 2.12. The number of methoxy groups -OCH3 is 1. The van der Waals surface area contributed by atoms with E-state index in [1.807, 2.05) is 48.5 Å². The fourth-order valence-electron chi connectivity index (χ4n) is 2.33. The summed E-state index contributed by atoms with van der Waals surface area (Å²) in [6.45, 7) is 3.03. The van der Waals surface area contributed by atoms with Gasteiger partial charge in [0.05, 0.1) is 39.1 Å². The first-order valence-corrected chi connectivity index (χ1v) is 9.28. The van der Waals surface area contributed by atoms with Gasteiger partial charge in [-0.2, -0.15) is 0 Å². The van der Waals surface area contributed by atoms with E-state index in [0.29, 0.717) is 19.3 Å². The van der Waals surface area contributed by atoms with Gasteiger partial charge in [0.2, 0.25) is 0 Å². The van der Waals surface area contributed by atoms with Crippen LogP contribution >= 0.6 is 0 Å². The number of hydrogen-bond acceptors (Lipinski definition) is 5. The summed E-state index contributed by atoms with van der Waals surface area (Å²) in [4.78, 5) is 0. The average Bonchev–Trinajstić information content (AvgIpc) is 3.25. The molecule has 27 heavy (non-hydrogen) atoms. The lowest BCUT2D eigenvalue weighted by molar-refractivity contribution is 0.0106. The predicted molar refractivity (Wildman–Crippen MR) is 106 cm³/mol. The fourth-order valence-corrected chi connectivity index (χ4v) is 2.33. The Morgan fingerprint density at radius 2 is 1.59 bits per heavy atom. The number of ether oxygens (including phenoxy) is 3. The minimum Gasteiger partial charge on any atom is -0.394 e. The lowest BCUT2D eigenvalue weighted by Gasteiger charge is -2.09. The highest BCUT2D eigenvalue weighted by Gasteiger charge is 2.14. The molecule has 0 spiro atoms. The Bertz CT molecular complexity index is 539. The van der Waals surface area contributed by atoms with Crippen molar-refractivity contribution >= 4 is 0 Å². The molecule has 1 aliphatic heterocycles. The Morgan fingerprint density at radius 3 is 2.00 bits per heavy atom. The molecule has 0 aliphatic carbocycles. The molecule has 3 rings (SSSR count). The molecule has 150 valence electrons. The predicted octanol–water partition coefficient (Wildman–Crippen LogP) is 3.19. The topological polar surface area (TPSA) is 68.2 Å². The number of benzene rings is 2. The zero-order chi connectivity index (χ0) is 19.6. The van der Waals surface area contributed by atoms with E-state index in [1.54, 1.807) is 7.11 Å². The average molecular weight is 376 g/mol. The first kappa shape index (κ1) is 23.3. The van der Waals surface area contributed by atoms with Gasteiger partial charge in [-0.15, -0.1) is 0 Å². The maximum absolute atomic E-state index is 8.54. The van der Waals surface area contributed by atoms with Gasteiger partial charge >= 0.3 is 0 Å². The van der Waals surface area contributed by atoms with Gasteiger partial charge in [-0.05, 0) is 24.0 Å². The molecule has 1 saturated heterocycles. The monoisotopic (exact) mass is 376 g/mol. The van der Waals surface area contributed by atoms with Crippen LogP contribution in [-0.4, -0.2) is 49.9 Å². The van der Waals surface area contributed by atoms with Gasteiger partial charge in [-0.25, -0.2) is 0 Å². The van der Waals surface area contributed by atoms with Gasteiger partial charge < -0.3 is 24.4 Å². The van der Waals surface area contributed by atoms with E-state index in [2.05, 4.69) is 16.9 Å². The molecule has 2 aromatic rings. The molecule has 1 unspecified atom stereocenters. The Balaban J connectivity index is 0.000000237. The van der Waals surface area contributed by atoms with E-state index in [4.69, 9.17) is 19.7 Å². The van der Waals surface area contributed by atoms with Crippen LogP contribution < -0.4 is 0 Å². The third-order valence-corrected chi connectivity index (χ3v) is 3.76. The van der Waals surface area contributed by atoms with E-state index >= 15 is 0 Å². The molecule has 0 saturated carbocycles.